The van der Waals surface area contributed by atoms with Crippen LogP contribution in [0, 0.1) is 0 Å². The van der Waals surface area contributed by atoms with Gasteiger partial charge in [0.05, 0.1) is 11.3 Å². The summed E-state index contributed by atoms with van der Waals surface area (Å²) in [5, 5.41) is 21.9. The maximum Gasteiger partial charge on any atom is 1.00 e. The predicted octanol–water partition coefficient (Wildman–Crippen LogP) is -0.474. The molecule has 2 atom stereocenters. The fourth-order valence-electron chi connectivity index (χ4n) is 3.13. The van der Waals surface area contributed by atoms with Crippen LogP contribution in [0.15, 0.2) is 30.9 Å². The summed E-state index contributed by atoms with van der Waals surface area (Å²) in [6.07, 6.45) is 1.90. The Hall–Kier alpha value is -0.780. The number of carbonyl (C=O) groups excluding carboxylic acids is 2. The van der Waals surface area contributed by atoms with E-state index in [9.17, 15) is 19.5 Å². The van der Waals surface area contributed by atoms with Gasteiger partial charge in [-0.1, -0.05) is 46.5 Å². The van der Waals surface area contributed by atoms with E-state index in [1.807, 2.05) is 6.26 Å². The zero-order valence-electron chi connectivity index (χ0n) is 18.7. The second-order valence-electron chi connectivity index (χ2n) is 6.54. The molecule has 0 aromatic carbocycles. The monoisotopic (exact) mass is 586 g/mol. The molecule has 4 heterocycles. The van der Waals surface area contributed by atoms with Gasteiger partial charge in [0.15, 0.2) is 13.8 Å². The Morgan fingerprint density at radius 1 is 1.44 bits per heavy atom. The third kappa shape index (κ3) is 5.62. The van der Waals surface area contributed by atoms with Crippen LogP contribution in [-0.2, 0) is 14.4 Å². The number of carboxylic acid groups (broad SMARTS) is 1. The first-order valence-electron chi connectivity index (χ1n) is 9.07. The van der Waals surface area contributed by atoms with Crippen molar-refractivity contribution in [3.63, 3.8) is 0 Å². The molecule has 4 N–H and O–H groups in total. The molecule has 0 aliphatic carbocycles. The number of carbonyl (C=O) groups is 3. The Kier molecular flexibility index (Phi) is 9.79. The summed E-state index contributed by atoms with van der Waals surface area (Å²) in [7, 11) is 0. The quantitative estimate of drug-likeness (QED) is 0.159. The predicted molar refractivity (Wildman–Crippen MR) is 134 cm³/mol. The molecule has 2 amide bonds. The van der Waals surface area contributed by atoms with Crippen molar-refractivity contribution in [2.45, 2.75) is 20.1 Å². The van der Waals surface area contributed by atoms with Crippen molar-refractivity contribution in [2.24, 2.45) is 0 Å². The van der Waals surface area contributed by atoms with Gasteiger partial charge in [-0.25, -0.2) is 9.78 Å². The fraction of sp³-hybridized carbons (Fsp3) is 0.294. The molecule has 2 aromatic heterocycles. The third-order valence-electron chi connectivity index (χ3n) is 4.62. The SMILES string of the molecule is CSc1nnc(SCC2=C(C(=O)O)N3C(=O)C(NC(=O)/C(=C/Cl)c4csc(N)n4)[C@H]3SC2)s1.[H-].[Na+]. The molecule has 2 aliphatic rings. The van der Waals surface area contributed by atoms with Gasteiger partial charge in [0.25, 0.3) is 11.8 Å². The van der Waals surface area contributed by atoms with Crippen LogP contribution in [-0.4, -0.2) is 72.1 Å². The van der Waals surface area contributed by atoms with Crippen molar-refractivity contribution in [2.75, 3.05) is 23.5 Å². The molecular weight excluding hydrogens is 571 g/mol. The van der Waals surface area contributed by atoms with Gasteiger partial charge in [-0.3, -0.25) is 14.5 Å². The fourth-order valence-corrected chi connectivity index (χ4v) is 7.83. The summed E-state index contributed by atoms with van der Waals surface area (Å²) < 4.78 is 1.55. The van der Waals surface area contributed by atoms with Gasteiger partial charge in [0.1, 0.15) is 17.1 Å². The van der Waals surface area contributed by atoms with Crippen molar-refractivity contribution < 1.29 is 50.5 Å². The van der Waals surface area contributed by atoms with Crippen LogP contribution in [0.25, 0.3) is 5.57 Å². The number of β-lactam (4-membered cyclic amide) rings is 1. The van der Waals surface area contributed by atoms with Gasteiger partial charge in [-0.05, 0) is 11.8 Å². The van der Waals surface area contributed by atoms with Gasteiger partial charge in [0.2, 0.25) is 0 Å². The molecule has 0 saturated carbocycles. The van der Waals surface area contributed by atoms with Gasteiger partial charge >= 0.3 is 35.5 Å². The summed E-state index contributed by atoms with van der Waals surface area (Å²) in [5.41, 5.74) is 7.64. The molecule has 4 rings (SSSR count). The second-order valence-corrected chi connectivity index (χ2v) is 12.0. The van der Waals surface area contributed by atoms with Crippen LogP contribution in [0.2, 0.25) is 0 Å². The van der Waals surface area contributed by atoms with E-state index in [0.717, 1.165) is 25.6 Å². The summed E-state index contributed by atoms with van der Waals surface area (Å²) in [5.74, 6) is -1.49. The Balaban J connectivity index is 0.00000216. The molecule has 1 saturated heterocycles. The first-order valence-corrected chi connectivity index (χ1v) is 14.5. The number of rotatable bonds is 8. The number of anilines is 1. The maximum atomic E-state index is 12.8. The minimum Gasteiger partial charge on any atom is -1.00 e. The number of carboxylic acids is 1. The van der Waals surface area contributed by atoms with E-state index in [2.05, 4.69) is 20.5 Å². The van der Waals surface area contributed by atoms with Crippen LogP contribution in [0.4, 0.5) is 5.13 Å². The maximum absolute atomic E-state index is 12.8. The van der Waals surface area contributed by atoms with Gasteiger partial charge in [-0.15, -0.1) is 33.3 Å². The summed E-state index contributed by atoms with van der Waals surface area (Å²) in [4.78, 5) is 42.8. The molecule has 1 fully saturated rings. The average molecular weight is 587 g/mol. The van der Waals surface area contributed by atoms with E-state index in [1.54, 1.807) is 5.38 Å². The van der Waals surface area contributed by atoms with Crippen molar-refractivity contribution in [1.29, 1.82) is 0 Å². The topological polar surface area (TPSA) is 151 Å². The van der Waals surface area contributed by atoms with E-state index in [0.29, 0.717) is 22.8 Å². The summed E-state index contributed by atoms with van der Waals surface area (Å²) in [6.45, 7) is 0. The van der Waals surface area contributed by atoms with E-state index in [1.165, 1.54) is 51.5 Å². The Morgan fingerprint density at radius 3 is 2.76 bits per heavy atom. The molecule has 0 bridgehead atoms. The van der Waals surface area contributed by atoms with Gasteiger partial charge in [-0.2, -0.15) is 0 Å². The number of nitrogens with one attached hydrogen (secondary N) is 1. The van der Waals surface area contributed by atoms with E-state index in [4.69, 9.17) is 17.3 Å². The van der Waals surface area contributed by atoms with Crippen LogP contribution < -0.4 is 40.6 Å². The summed E-state index contributed by atoms with van der Waals surface area (Å²) in [6, 6.07) is -0.874. The number of aromatic nitrogens is 3. The van der Waals surface area contributed by atoms with Crippen molar-refractivity contribution in [3.05, 3.63) is 27.9 Å². The normalized spacial score (nSPS) is 19.9. The minimum atomic E-state index is -1.18. The molecular formula is C17H16ClN6NaO4S5. The largest absolute Gasteiger partial charge is 1.00 e. The van der Waals surface area contributed by atoms with Crippen molar-refractivity contribution in [1.82, 2.24) is 25.4 Å². The Labute approximate surface area is 243 Å². The molecule has 2 aliphatic heterocycles. The summed E-state index contributed by atoms with van der Waals surface area (Å²) >= 11 is 12.7. The van der Waals surface area contributed by atoms with E-state index in [-0.39, 0.29) is 47.4 Å². The van der Waals surface area contributed by atoms with Gasteiger partial charge < -0.3 is 17.6 Å². The molecule has 0 spiro atoms. The number of fused-ring (bicyclic) bond motifs is 1. The Morgan fingerprint density at radius 2 is 2.18 bits per heavy atom. The first kappa shape index (κ1) is 27.8. The van der Waals surface area contributed by atoms with Crippen molar-refractivity contribution >= 4 is 98.0 Å². The van der Waals surface area contributed by atoms with Crippen LogP contribution in [0.1, 0.15) is 7.12 Å². The molecule has 176 valence electrons. The Bertz CT molecular complexity index is 1190. The molecule has 1 unspecified atom stereocenters. The second kappa shape index (κ2) is 12.0. The van der Waals surface area contributed by atoms with Crippen LogP contribution >= 0.6 is 69.6 Å². The number of hydrogen-bond donors (Lipinski definition) is 3. The number of halogens is 1. The average Bonchev–Trinajstić information content (AvgIpc) is 3.44. The number of thioether (sulfide) groups is 3. The number of nitrogens with zero attached hydrogens (tertiary/aromatic N) is 4. The number of nitrogen functional groups attached to an aromatic ring is 1. The number of hydrogen-bond acceptors (Lipinski definition) is 12. The smallest absolute Gasteiger partial charge is 1.00 e. The van der Waals surface area contributed by atoms with Gasteiger partial charge in [0, 0.05) is 22.4 Å². The zero-order valence-corrected chi connectivity index (χ0v) is 24.5. The molecule has 0 radical (unpaired) electrons. The van der Waals surface area contributed by atoms with Crippen molar-refractivity contribution in [3.8, 4) is 0 Å². The minimum absolute atomic E-state index is 0. The van der Waals surface area contributed by atoms with Crippen LogP contribution in [0.3, 0.4) is 0 Å². The molecule has 10 nitrogen and oxygen atoms in total. The standard InChI is InChI=1S/C17H15ClN6O4S5.Na.H/c1-29-16-22-23-17(33-16)32-4-6-3-30-13-9(12(26)24(13)10(6)14(27)28)21-11(25)7(2-18)8-5-31-15(19)20-8;;/h2,5,9,13H,3-4H2,1H3,(H2,19,20)(H,21,25)(H,27,28);;/q;+1;-1/b7-2+;;/t9?,13-;;/m1../s1. The number of nitrogens with two attached hydrogens (primary N) is 1. The van der Waals surface area contributed by atoms with E-state index >= 15 is 0 Å². The zero-order chi connectivity index (χ0) is 23.7. The number of amides is 2. The van der Waals surface area contributed by atoms with E-state index < -0.39 is 29.2 Å². The number of aliphatic carboxylic acids is 1. The third-order valence-corrected chi connectivity index (χ3v) is 9.97. The molecule has 34 heavy (non-hydrogen) atoms. The van der Waals surface area contributed by atoms with Crippen LogP contribution in [0.5, 0.6) is 0 Å². The number of thiazole rings is 1. The first-order chi connectivity index (χ1) is 15.8. The molecule has 2 aromatic rings. The molecule has 17 heteroatoms.